The Hall–Kier alpha value is -0.870. The monoisotopic (exact) mass is 227 g/mol. The lowest BCUT2D eigenvalue weighted by Gasteiger charge is -2.41. The summed E-state index contributed by atoms with van der Waals surface area (Å²) in [4.78, 5) is 12.8. The van der Waals surface area contributed by atoms with E-state index in [0.29, 0.717) is 6.54 Å². The standard InChI is InChI=1S/C12H21NO3/c1-9(5-11(14)15)6-13-7-10(2)16-12(3,4)8-13/h5,10H,6-8H2,1-4H3,(H,14,15). The van der Waals surface area contributed by atoms with Gasteiger partial charge in [-0.05, 0) is 27.7 Å². The molecule has 0 aliphatic carbocycles. The highest BCUT2D eigenvalue weighted by Crippen LogP contribution is 2.21. The highest BCUT2D eigenvalue weighted by Gasteiger charge is 2.30. The summed E-state index contributed by atoms with van der Waals surface area (Å²) in [5.74, 6) is -0.877. The summed E-state index contributed by atoms with van der Waals surface area (Å²) < 4.78 is 5.79. The fraction of sp³-hybridized carbons (Fsp3) is 0.750. The molecule has 0 spiro atoms. The van der Waals surface area contributed by atoms with Crippen molar-refractivity contribution in [2.75, 3.05) is 19.6 Å². The van der Waals surface area contributed by atoms with Crippen molar-refractivity contribution in [3.8, 4) is 0 Å². The topological polar surface area (TPSA) is 49.8 Å². The summed E-state index contributed by atoms with van der Waals surface area (Å²) in [5.41, 5.74) is 0.721. The van der Waals surface area contributed by atoms with E-state index < -0.39 is 5.97 Å². The van der Waals surface area contributed by atoms with Crippen LogP contribution in [-0.2, 0) is 9.53 Å². The van der Waals surface area contributed by atoms with E-state index in [9.17, 15) is 4.79 Å². The second-order valence-electron chi connectivity index (χ2n) is 5.19. The molecule has 16 heavy (non-hydrogen) atoms. The Balaban J connectivity index is 2.58. The fourth-order valence-electron chi connectivity index (χ4n) is 2.32. The molecule has 0 amide bonds. The van der Waals surface area contributed by atoms with Crippen molar-refractivity contribution in [3.63, 3.8) is 0 Å². The van der Waals surface area contributed by atoms with Crippen LogP contribution in [0.25, 0.3) is 0 Å². The van der Waals surface area contributed by atoms with Crippen molar-refractivity contribution < 1.29 is 14.6 Å². The molecule has 1 N–H and O–H groups in total. The number of morpholine rings is 1. The minimum Gasteiger partial charge on any atom is -0.478 e. The first-order chi connectivity index (χ1) is 7.28. The van der Waals surface area contributed by atoms with Crippen LogP contribution in [0, 0.1) is 0 Å². The van der Waals surface area contributed by atoms with Gasteiger partial charge in [-0.2, -0.15) is 0 Å². The number of carboxylic acids is 1. The van der Waals surface area contributed by atoms with E-state index >= 15 is 0 Å². The number of aliphatic carboxylic acids is 1. The molecule has 1 unspecified atom stereocenters. The van der Waals surface area contributed by atoms with Crippen molar-refractivity contribution in [3.05, 3.63) is 11.6 Å². The minimum absolute atomic E-state index is 0.152. The minimum atomic E-state index is -0.877. The Morgan fingerprint density at radius 1 is 1.62 bits per heavy atom. The van der Waals surface area contributed by atoms with Gasteiger partial charge in [0.05, 0.1) is 11.7 Å². The Kier molecular flexibility index (Phi) is 4.10. The van der Waals surface area contributed by atoms with Gasteiger partial charge in [0.25, 0.3) is 0 Å². The van der Waals surface area contributed by atoms with Gasteiger partial charge in [-0.1, -0.05) is 5.57 Å². The molecule has 0 aromatic carbocycles. The molecule has 0 aromatic rings. The predicted molar refractivity (Wildman–Crippen MR) is 62.5 cm³/mol. The van der Waals surface area contributed by atoms with Crippen molar-refractivity contribution in [1.29, 1.82) is 0 Å². The van der Waals surface area contributed by atoms with Crippen molar-refractivity contribution in [1.82, 2.24) is 4.90 Å². The first-order valence-corrected chi connectivity index (χ1v) is 5.59. The van der Waals surface area contributed by atoms with Crippen LogP contribution in [0.5, 0.6) is 0 Å². The molecule has 0 saturated carbocycles. The lowest BCUT2D eigenvalue weighted by molar-refractivity contribution is -0.131. The quantitative estimate of drug-likeness (QED) is 0.743. The Bertz CT molecular complexity index is 297. The second-order valence-corrected chi connectivity index (χ2v) is 5.19. The van der Waals surface area contributed by atoms with Crippen LogP contribution in [0.15, 0.2) is 11.6 Å². The van der Waals surface area contributed by atoms with Crippen LogP contribution >= 0.6 is 0 Å². The summed E-state index contributed by atoms with van der Waals surface area (Å²) in [6.07, 6.45) is 1.47. The normalized spacial score (nSPS) is 26.8. The molecule has 0 aromatic heterocycles. The average Bonchev–Trinajstić information content (AvgIpc) is 1.95. The zero-order valence-electron chi connectivity index (χ0n) is 10.5. The summed E-state index contributed by atoms with van der Waals surface area (Å²) in [5, 5.41) is 8.65. The molecule has 1 fully saturated rings. The molecular formula is C12H21NO3. The molecule has 4 heteroatoms. The highest BCUT2D eigenvalue weighted by molar-refractivity contribution is 5.80. The molecule has 1 aliphatic rings. The van der Waals surface area contributed by atoms with Crippen molar-refractivity contribution >= 4 is 5.97 Å². The van der Waals surface area contributed by atoms with Crippen LogP contribution < -0.4 is 0 Å². The number of hydrogen-bond donors (Lipinski definition) is 1. The molecule has 4 nitrogen and oxygen atoms in total. The smallest absolute Gasteiger partial charge is 0.328 e. The van der Waals surface area contributed by atoms with Crippen molar-refractivity contribution in [2.24, 2.45) is 0 Å². The van der Waals surface area contributed by atoms with Gasteiger partial charge in [-0.15, -0.1) is 0 Å². The summed E-state index contributed by atoms with van der Waals surface area (Å²) in [6, 6.07) is 0. The van der Waals surface area contributed by atoms with Crippen molar-refractivity contribution in [2.45, 2.75) is 39.4 Å². The maximum Gasteiger partial charge on any atom is 0.328 e. The van der Waals surface area contributed by atoms with Crippen LogP contribution in [-0.4, -0.2) is 47.3 Å². The lowest BCUT2D eigenvalue weighted by Crippen LogP contribution is -2.52. The van der Waals surface area contributed by atoms with E-state index in [2.05, 4.69) is 18.7 Å². The van der Waals surface area contributed by atoms with E-state index in [1.165, 1.54) is 6.08 Å². The number of carboxylic acid groups (broad SMARTS) is 1. The molecule has 1 heterocycles. The number of carbonyl (C=O) groups is 1. The van der Waals surface area contributed by atoms with E-state index in [1.807, 2.05) is 13.8 Å². The Morgan fingerprint density at radius 2 is 2.25 bits per heavy atom. The predicted octanol–water partition coefficient (Wildman–Crippen LogP) is 1.52. The number of rotatable bonds is 3. The third-order valence-electron chi connectivity index (χ3n) is 2.48. The number of ether oxygens (including phenoxy) is 1. The zero-order chi connectivity index (χ0) is 12.3. The fourth-order valence-corrected chi connectivity index (χ4v) is 2.32. The summed E-state index contributed by atoms with van der Waals surface area (Å²) >= 11 is 0. The molecular weight excluding hydrogens is 206 g/mol. The number of hydrogen-bond acceptors (Lipinski definition) is 3. The van der Waals surface area contributed by atoms with Gasteiger partial charge in [0.1, 0.15) is 0 Å². The van der Waals surface area contributed by atoms with Gasteiger partial charge in [-0.3, -0.25) is 4.90 Å². The van der Waals surface area contributed by atoms with Gasteiger partial charge in [0.2, 0.25) is 0 Å². The molecule has 1 aliphatic heterocycles. The summed E-state index contributed by atoms with van der Waals surface area (Å²) in [6.45, 7) is 10.4. The van der Waals surface area contributed by atoms with Gasteiger partial charge in [0.15, 0.2) is 0 Å². The van der Waals surface area contributed by atoms with Gasteiger partial charge >= 0.3 is 5.97 Å². The van der Waals surface area contributed by atoms with E-state index in [0.717, 1.165) is 18.7 Å². The zero-order valence-corrected chi connectivity index (χ0v) is 10.5. The third-order valence-corrected chi connectivity index (χ3v) is 2.48. The second kappa shape index (κ2) is 4.97. The lowest BCUT2D eigenvalue weighted by atomic mass is 10.0. The SMILES string of the molecule is CC(=CC(=O)O)CN1CC(C)OC(C)(C)C1. The molecule has 1 rings (SSSR count). The van der Waals surface area contributed by atoms with E-state index in [1.54, 1.807) is 0 Å². The van der Waals surface area contributed by atoms with E-state index in [-0.39, 0.29) is 11.7 Å². The van der Waals surface area contributed by atoms with Gasteiger partial charge in [-0.25, -0.2) is 4.79 Å². The number of nitrogens with zero attached hydrogens (tertiary/aromatic N) is 1. The molecule has 92 valence electrons. The molecule has 1 saturated heterocycles. The average molecular weight is 227 g/mol. The Labute approximate surface area is 96.9 Å². The van der Waals surface area contributed by atoms with Crippen LogP contribution in [0.4, 0.5) is 0 Å². The molecule has 0 radical (unpaired) electrons. The molecule has 1 atom stereocenters. The largest absolute Gasteiger partial charge is 0.478 e. The summed E-state index contributed by atoms with van der Waals surface area (Å²) in [7, 11) is 0. The molecule has 0 bridgehead atoms. The highest BCUT2D eigenvalue weighted by atomic mass is 16.5. The van der Waals surface area contributed by atoms with Gasteiger partial charge in [0, 0.05) is 25.7 Å². The third kappa shape index (κ3) is 4.33. The maximum absolute atomic E-state index is 10.5. The Morgan fingerprint density at radius 3 is 2.75 bits per heavy atom. The first-order valence-electron chi connectivity index (χ1n) is 5.59. The van der Waals surface area contributed by atoms with Crippen LogP contribution in [0.2, 0.25) is 0 Å². The van der Waals surface area contributed by atoms with Crippen LogP contribution in [0.3, 0.4) is 0 Å². The first kappa shape index (κ1) is 13.2. The van der Waals surface area contributed by atoms with E-state index in [4.69, 9.17) is 9.84 Å². The van der Waals surface area contributed by atoms with Crippen LogP contribution in [0.1, 0.15) is 27.7 Å². The van der Waals surface area contributed by atoms with Gasteiger partial charge < -0.3 is 9.84 Å². The maximum atomic E-state index is 10.5.